The van der Waals surface area contributed by atoms with Gasteiger partial charge in [0.2, 0.25) is 0 Å². The molecule has 0 fully saturated rings. The van der Waals surface area contributed by atoms with E-state index in [2.05, 4.69) is 20.6 Å². The van der Waals surface area contributed by atoms with Crippen LogP contribution in [0.1, 0.15) is 16.1 Å². The minimum atomic E-state index is -0.367. The second kappa shape index (κ2) is 8.06. The molecule has 2 N–H and O–H groups in total. The molecule has 0 bridgehead atoms. The minimum Gasteiger partial charge on any atom is -0.318 e. The van der Waals surface area contributed by atoms with Crippen molar-refractivity contribution in [3.8, 4) is 11.3 Å². The molecule has 0 aliphatic carbocycles. The summed E-state index contributed by atoms with van der Waals surface area (Å²) in [6.07, 6.45) is 3.19. The van der Waals surface area contributed by atoms with Crippen molar-refractivity contribution in [2.24, 2.45) is 0 Å². The molecule has 0 saturated carbocycles. The summed E-state index contributed by atoms with van der Waals surface area (Å²) in [5.74, 6) is -0.672. The largest absolute Gasteiger partial charge is 0.318 e. The summed E-state index contributed by atoms with van der Waals surface area (Å²) >= 11 is 12.0. The number of carbonyl (C=O) groups excluding carboxylic acids is 1. The first-order valence-electron chi connectivity index (χ1n) is 8.57. The van der Waals surface area contributed by atoms with Crippen LogP contribution in [-0.4, -0.2) is 25.9 Å². The van der Waals surface area contributed by atoms with E-state index in [9.17, 15) is 9.18 Å². The van der Waals surface area contributed by atoms with Gasteiger partial charge in [-0.05, 0) is 35.9 Å². The van der Waals surface area contributed by atoms with E-state index in [1.54, 1.807) is 47.3 Å². The third kappa shape index (κ3) is 4.47. The second-order valence-corrected chi connectivity index (χ2v) is 7.12. The summed E-state index contributed by atoms with van der Waals surface area (Å²) in [6, 6.07) is 13.0. The van der Waals surface area contributed by atoms with Crippen LogP contribution in [0.15, 0.2) is 60.9 Å². The van der Waals surface area contributed by atoms with E-state index in [-0.39, 0.29) is 17.4 Å². The van der Waals surface area contributed by atoms with Gasteiger partial charge in [0.1, 0.15) is 11.5 Å². The lowest BCUT2D eigenvalue weighted by Crippen LogP contribution is -2.11. The molecule has 0 saturated heterocycles. The first-order valence-corrected chi connectivity index (χ1v) is 9.32. The highest BCUT2D eigenvalue weighted by atomic mass is 35.5. The van der Waals surface area contributed by atoms with Gasteiger partial charge in [0.25, 0.3) is 5.91 Å². The van der Waals surface area contributed by atoms with Crippen molar-refractivity contribution < 1.29 is 9.18 Å². The van der Waals surface area contributed by atoms with Crippen LogP contribution in [0, 0.1) is 5.82 Å². The Bertz CT molecular complexity index is 1190. The summed E-state index contributed by atoms with van der Waals surface area (Å²) in [7, 11) is 0. The monoisotopic (exact) mass is 429 g/mol. The highest BCUT2D eigenvalue weighted by Gasteiger charge is 2.13. The number of aromatic nitrogens is 4. The zero-order valence-electron chi connectivity index (χ0n) is 14.9. The molecule has 0 aliphatic heterocycles. The number of carbonyl (C=O) groups is 1. The predicted octanol–water partition coefficient (Wildman–Crippen LogP) is 5.02. The normalized spacial score (nSPS) is 10.9. The van der Waals surface area contributed by atoms with E-state index in [4.69, 9.17) is 23.2 Å². The number of rotatable bonds is 5. The van der Waals surface area contributed by atoms with Crippen molar-refractivity contribution >= 4 is 34.8 Å². The number of benzene rings is 2. The smallest absolute Gasteiger partial charge is 0.273 e. The number of amides is 1. The van der Waals surface area contributed by atoms with Gasteiger partial charge >= 0.3 is 0 Å². The summed E-state index contributed by atoms with van der Waals surface area (Å²) in [6.45, 7) is 0.388. The molecule has 146 valence electrons. The fraction of sp³-hybridized carbons (Fsp3) is 0.0500. The molecule has 4 aromatic rings. The molecule has 9 heteroatoms. The molecule has 6 nitrogen and oxygen atoms in total. The average molecular weight is 430 g/mol. The highest BCUT2D eigenvalue weighted by molar-refractivity contribution is 6.42. The number of anilines is 1. The van der Waals surface area contributed by atoms with Crippen molar-refractivity contribution in [1.29, 1.82) is 0 Å². The predicted molar refractivity (Wildman–Crippen MR) is 110 cm³/mol. The Morgan fingerprint density at radius 3 is 2.79 bits per heavy atom. The molecule has 2 aromatic carbocycles. The van der Waals surface area contributed by atoms with E-state index in [1.807, 2.05) is 0 Å². The van der Waals surface area contributed by atoms with Crippen LogP contribution in [0.25, 0.3) is 11.3 Å². The number of nitrogens with zero attached hydrogens (tertiary/aromatic N) is 3. The Morgan fingerprint density at radius 1 is 1.14 bits per heavy atom. The molecular formula is C20H14Cl2FN5O. The Balaban J connectivity index is 1.44. The zero-order chi connectivity index (χ0) is 20.4. The van der Waals surface area contributed by atoms with Gasteiger partial charge in [-0.1, -0.05) is 41.4 Å². The number of nitrogens with one attached hydrogen (secondary N) is 2. The fourth-order valence-corrected chi connectivity index (χ4v) is 3.07. The van der Waals surface area contributed by atoms with Gasteiger partial charge in [-0.15, -0.1) is 0 Å². The topological polar surface area (TPSA) is 75.6 Å². The first-order chi connectivity index (χ1) is 14.0. The molecule has 29 heavy (non-hydrogen) atoms. The molecular weight excluding hydrogens is 416 g/mol. The van der Waals surface area contributed by atoms with E-state index in [0.29, 0.717) is 28.0 Å². The quantitative estimate of drug-likeness (QED) is 0.467. The molecule has 0 aliphatic rings. The van der Waals surface area contributed by atoms with Gasteiger partial charge in [-0.25, -0.2) is 4.39 Å². The van der Waals surface area contributed by atoms with Crippen LogP contribution in [0.4, 0.5) is 10.1 Å². The van der Waals surface area contributed by atoms with Crippen LogP contribution in [0.2, 0.25) is 10.0 Å². The average Bonchev–Trinajstić information content (AvgIpc) is 3.34. The Morgan fingerprint density at radius 2 is 2.00 bits per heavy atom. The zero-order valence-corrected chi connectivity index (χ0v) is 16.4. The molecule has 0 spiro atoms. The van der Waals surface area contributed by atoms with Crippen molar-refractivity contribution in [3.05, 3.63) is 88.0 Å². The number of halogens is 3. The summed E-state index contributed by atoms with van der Waals surface area (Å²) in [4.78, 5) is 12.5. The number of hydrogen-bond acceptors (Lipinski definition) is 3. The second-order valence-electron chi connectivity index (χ2n) is 6.31. The van der Waals surface area contributed by atoms with Crippen molar-refractivity contribution in [3.63, 3.8) is 0 Å². The van der Waals surface area contributed by atoms with Gasteiger partial charge in [0.05, 0.1) is 34.2 Å². The van der Waals surface area contributed by atoms with E-state index in [0.717, 1.165) is 11.1 Å². The van der Waals surface area contributed by atoms with Crippen LogP contribution >= 0.6 is 23.2 Å². The maximum Gasteiger partial charge on any atom is 0.273 e. The van der Waals surface area contributed by atoms with E-state index >= 15 is 0 Å². The summed E-state index contributed by atoms with van der Waals surface area (Å²) in [5.41, 5.74) is 2.86. The van der Waals surface area contributed by atoms with Crippen molar-refractivity contribution in [1.82, 2.24) is 20.0 Å². The Hall–Kier alpha value is -3.16. The van der Waals surface area contributed by atoms with Gasteiger partial charge in [0.15, 0.2) is 0 Å². The molecule has 0 atom stereocenters. The Labute approximate surface area is 175 Å². The maximum atomic E-state index is 13.3. The van der Waals surface area contributed by atoms with Crippen LogP contribution in [0.3, 0.4) is 0 Å². The fourth-order valence-electron chi connectivity index (χ4n) is 2.78. The molecule has 2 heterocycles. The molecule has 0 unspecified atom stereocenters. The van der Waals surface area contributed by atoms with Crippen LogP contribution in [0.5, 0.6) is 0 Å². The van der Waals surface area contributed by atoms with E-state index < -0.39 is 0 Å². The Kier molecular flexibility index (Phi) is 5.33. The summed E-state index contributed by atoms with van der Waals surface area (Å²) < 4.78 is 14.9. The van der Waals surface area contributed by atoms with E-state index in [1.165, 1.54) is 18.3 Å². The molecule has 2 aromatic heterocycles. The lowest BCUT2D eigenvalue weighted by atomic mass is 10.1. The van der Waals surface area contributed by atoms with Crippen LogP contribution < -0.4 is 5.32 Å². The minimum absolute atomic E-state index is 0.281. The summed E-state index contributed by atoms with van der Waals surface area (Å²) in [5, 5.41) is 14.6. The molecule has 4 rings (SSSR count). The third-order valence-corrected chi connectivity index (χ3v) is 4.90. The van der Waals surface area contributed by atoms with Crippen molar-refractivity contribution in [2.75, 3.05) is 5.32 Å². The van der Waals surface area contributed by atoms with Crippen LogP contribution in [-0.2, 0) is 6.54 Å². The lowest BCUT2D eigenvalue weighted by Gasteiger charge is -2.02. The SMILES string of the molecule is O=C(Nc1cnn(Cc2cccc(F)c2)c1)c1cc(-c2ccc(Cl)c(Cl)c2)n[nH]1. The van der Waals surface area contributed by atoms with Gasteiger partial charge < -0.3 is 5.32 Å². The lowest BCUT2D eigenvalue weighted by molar-refractivity contribution is 0.102. The van der Waals surface area contributed by atoms with Gasteiger partial charge in [0, 0.05) is 11.8 Å². The number of H-pyrrole nitrogens is 1. The number of hydrogen-bond donors (Lipinski definition) is 2. The van der Waals surface area contributed by atoms with Crippen molar-refractivity contribution in [2.45, 2.75) is 6.54 Å². The van der Waals surface area contributed by atoms with Gasteiger partial charge in [-0.2, -0.15) is 10.2 Å². The third-order valence-electron chi connectivity index (χ3n) is 4.16. The first kappa shape index (κ1) is 19.2. The molecule has 1 amide bonds. The number of aromatic amines is 1. The highest BCUT2D eigenvalue weighted by Crippen LogP contribution is 2.27. The molecule has 0 radical (unpaired) electrons. The van der Waals surface area contributed by atoms with Gasteiger partial charge in [-0.3, -0.25) is 14.6 Å². The standard InChI is InChI=1S/C20H14Cl2FN5O/c21-16-5-4-13(7-17(16)22)18-8-19(27-26-18)20(29)25-15-9-24-28(11-15)10-12-2-1-3-14(23)6-12/h1-9,11H,10H2,(H,25,29)(H,26,27). The maximum absolute atomic E-state index is 13.3.